The Kier molecular flexibility index (Phi) is 5.85. The number of aromatic nitrogens is 1. The molecule has 0 amide bonds. The van der Waals surface area contributed by atoms with E-state index in [0.717, 1.165) is 18.4 Å². The van der Waals surface area contributed by atoms with Crippen LogP contribution in [0, 0.1) is 5.41 Å². The molecule has 0 spiro atoms. The van der Waals surface area contributed by atoms with Gasteiger partial charge in [0, 0.05) is 12.6 Å². The molecule has 0 aromatic carbocycles. The van der Waals surface area contributed by atoms with Crippen molar-refractivity contribution in [2.75, 3.05) is 13.7 Å². The Morgan fingerprint density at radius 3 is 2.62 bits per heavy atom. The van der Waals surface area contributed by atoms with E-state index in [1.165, 1.54) is 5.51 Å². The zero-order valence-electron chi connectivity index (χ0n) is 12.4. The molecule has 1 rings (SSSR count). The van der Waals surface area contributed by atoms with Gasteiger partial charge >= 0.3 is 5.97 Å². The highest BCUT2D eigenvalue weighted by Gasteiger charge is 2.33. The summed E-state index contributed by atoms with van der Waals surface area (Å²) < 4.78 is 31.7. The summed E-state index contributed by atoms with van der Waals surface area (Å²) in [6, 6.07) is -0.472. The van der Waals surface area contributed by atoms with Crippen molar-refractivity contribution in [1.82, 2.24) is 9.71 Å². The predicted octanol–water partition coefficient (Wildman–Crippen LogP) is 1.01. The Morgan fingerprint density at radius 2 is 2.14 bits per heavy atom. The number of rotatable bonds is 6. The average Bonchev–Trinajstić information content (AvgIpc) is 2.86. The molecule has 0 aliphatic carbocycles. The summed E-state index contributed by atoms with van der Waals surface area (Å²) in [5, 5.41) is 9.09. The first-order valence-corrected chi connectivity index (χ1v) is 8.64. The highest BCUT2D eigenvalue weighted by atomic mass is 32.2. The second-order valence-corrected chi connectivity index (χ2v) is 8.30. The highest BCUT2D eigenvalue weighted by Crippen LogP contribution is 2.26. The molecular formula is C12H20N2O5S2. The predicted molar refractivity (Wildman–Crippen MR) is 78.7 cm³/mol. The van der Waals surface area contributed by atoms with Crippen molar-refractivity contribution >= 4 is 27.3 Å². The van der Waals surface area contributed by atoms with Crippen LogP contribution in [-0.2, 0) is 14.8 Å². The quantitative estimate of drug-likeness (QED) is 0.751. The SMILES string of the molecule is COC(=O)c1ncsc1S(=O)(=O)NC(CCO)C(C)(C)C. The maximum atomic E-state index is 12.4. The Morgan fingerprint density at radius 1 is 1.52 bits per heavy atom. The van der Waals surface area contributed by atoms with E-state index in [0.29, 0.717) is 0 Å². The van der Waals surface area contributed by atoms with Gasteiger partial charge in [0.05, 0.1) is 12.6 Å². The number of nitrogens with one attached hydrogen (secondary N) is 1. The Balaban J connectivity index is 3.12. The monoisotopic (exact) mass is 336 g/mol. The number of nitrogens with zero attached hydrogens (tertiary/aromatic N) is 1. The summed E-state index contributed by atoms with van der Waals surface area (Å²) in [7, 11) is -2.75. The Bertz CT molecular complexity index is 589. The van der Waals surface area contributed by atoms with Crippen LogP contribution in [0.3, 0.4) is 0 Å². The first-order chi connectivity index (χ1) is 9.63. The van der Waals surface area contributed by atoms with Crippen molar-refractivity contribution in [2.45, 2.75) is 37.4 Å². The summed E-state index contributed by atoms with van der Waals surface area (Å²) >= 11 is 0.846. The van der Waals surface area contributed by atoms with Crippen molar-refractivity contribution in [2.24, 2.45) is 5.41 Å². The van der Waals surface area contributed by atoms with Crippen LogP contribution in [-0.4, -0.2) is 44.2 Å². The molecule has 1 atom stereocenters. The molecule has 1 unspecified atom stereocenters. The molecule has 0 aliphatic heterocycles. The summed E-state index contributed by atoms with van der Waals surface area (Å²) in [4.78, 5) is 15.3. The van der Waals surface area contributed by atoms with Gasteiger partial charge in [-0.05, 0) is 11.8 Å². The van der Waals surface area contributed by atoms with E-state index < -0.39 is 22.0 Å². The largest absolute Gasteiger partial charge is 0.464 e. The number of carbonyl (C=O) groups excluding carboxylic acids is 1. The van der Waals surface area contributed by atoms with Crippen LogP contribution in [0.2, 0.25) is 0 Å². The van der Waals surface area contributed by atoms with Crippen molar-refractivity contribution in [3.8, 4) is 0 Å². The zero-order chi connectivity index (χ0) is 16.3. The molecule has 120 valence electrons. The van der Waals surface area contributed by atoms with Crippen LogP contribution < -0.4 is 4.72 Å². The number of hydrogen-bond acceptors (Lipinski definition) is 7. The fourth-order valence-electron chi connectivity index (χ4n) is 1.70. The lowest BCUT2D eigenvalue weighted by molar-refractivity contribution is 0.0590. The number of carbonyl (C=O) groups is 1. The van der Waals surface area contributed by atoms with Gasteiger partial charge in [-0.25, -0.2) is 22.9 Å². The van der Waals surface area contributed by atoms with Gasteiger partial charge in [0.2, 0.25) is 0 Å². The lowest BCUT2D eigenvalue weighted by Gasteiger charge is -2.30. The van der Waals surface area contributed by atoms with Gasteiger partial charge in [-0.3, -0.25) is 0 Å². The number of sulfonamides is 1. The van der Waals surface area contributed by atoms with Gasteiger partial charge in [-0.1, -0.05) is 20.8 Å². The highest BCUT2D eigenvalue weighted by molar-refractivity contribution is 7.91. The molecule has 2 N–H and O–H groups in total. The molecule has 1 aromatic rings. The van der Waals surface area contributed by atoms with Crippen LogP contribution in [0.15, 0.2) is 9.72 Å². The zero-order valence-corrected chi connectivity index (χ0v) is 14.0. The molecule has 7 nitrogen and oxygen atoms in total. The standard InChI is InChI=1S/C12H20N2O5S2/c1-12(2,3)8(5-6-15)14-21(17,18)11-9(10(16)19-4)13-7-20-11/h7-8,14-15H,5-6H2,1-4H3. The number of esters is 1. The summed E-state index contributed by atoms with van der Waals surface area (Å²) in [5.41, 5.74) is 0.664. The van der Waals surface area contributed by atoms with E-state index in [4.69, 9.17) is 5.11 Å². The van der Waals surface area contributed by atoms with Crippen molar-refractivity contribution < 1.29 is 23.1 Å². The molecule has 0 fully saturated rings. The van der Waals surface area contributed by atoms with E-state index in [1.807, 2.05) is 20.8 Å². The topological polar surface area (TPSA) is 106 Å². The van der Waals surface area contributed by atoms with E-state index in [9.17, 15) is 13.2 Å². The average molecular weight is 336 g/mol. The maximum Gasteiger partial charge on any atom is 0.358 e. The van der Waals surface area contributed by atoms with Crippen LogP contribution in [0.4, 0.5) is 0 Å². The van der Waals surface area contributed by atoms with Gasteiger partial charge in [0.25, 0.3) is 10.0 Å². The second-order valence-electron chi connectivity index (χ2n) is 5.53. The molecule has 1 heterocycles. The van der Waals surface area contributed by atoms with E-state index >= 15 is 0 Å². The number of methoxy groups -OCH3 is 1. The summed E-state index contributed by atoms with van der Waals surface area (Å²) in [6.45, 7) is 5.45. The molecular weight excluding hydrogens is 316 g/mol. The van der Waals surface area contributed by atoms with Crippen LogP contribution in [0.5, 0.6) is 0 Å². The van der Waals surface area contributed by atoms with E-state index in [-0.39, 0.29) is 28.3 Å². The van der Waals surface area contributed by atoms with E-state index in [1.54, 1.807) is 0 Å². The third-order valence-electron chi connectivity index (χ3n) is 2.92. The molecule has 21 heavy (non-hydrogen) atoms. The number of aliphatic hydroxyl groups excluding tert-OH is 1. The molecule has 0 bridgehead atoms. The molecule has 0 radical (unpaired) electrons. The fourth-order valence-corrected chi connectivity index (χ4v) is 4.32. The number of aliphatic hydroxyl groups is 1. The fraction of sp³-hybridized carbons (Fsp3) is 0.667. The van der Waals surface area contributed by atoms with Gasteiger partial charge in [-0.15, -0.1) is 11.3 Å². The second kappa shape index (κ2) is 6.82. The summed E-state index contributed by atoms with van der Waals surface area (Å²) in [5.74, 6) is -0.800. The van der Waals surface area contributed by atoms with Crippen molar-refractivity contribution in [1.29, 1.82) is 0 Å². The lowest BCUT2D eigenvalue weighted by Crippen LogP contribution is -2.44. The molecule has 9 heteroatoms. The van der Waals surface area contributed by atoms with Crippen LogP contribution in [0.25, 0.3) is 0 Å². The molecule has 0 aliphatic rings. The molecule has 0 saturated heterocycles. The molecule has 0 saturated carbocycles. The van der Waals surface area contributed by atoms with Gasteiger partial charge in [0.1, 0.15) is 0 Å². The van der Waals surface area contributed by atoms with E-state index in [2.05, 4.69) is 14.4 Å². The minimum Gasteiger partial charge on any atom is -0.464 e. The number of thiazole rings is 1. The van der Waals surface area contributed by atoms with Gasteiger partial charge in [-0.2, -0.15) is 0 Å². The first-order valence-electron chi connectivity index (χ1n) is 6.28. The van der Waals surface area contributed by atoms with Crippen molar-refractivity contribution in [3.63, 3.8) is 0 Å². The normalized spacial score (nSPS) is 14.0. The lowest BCUT2D eigenvalue weighted by atomic mass is 9.86. The summed E-state index contributed by atoms with van der Waals surface area (Å²) in [6.07, 6.45) is 0.273. The van der Waals surface area contributed by atoms with Crippen molar-refractivity contribution in [3.05, 3.63) is 11.2 Å². The van der Waals surface area contributed by atoms with Gasteiger partial charge < -0.3 is 9.84 Å². The Hall–Kier alpha value is -1.03. The molecule has 1 aromatic heterocycles. The maximum absolute atomic E-state index is 12.4. The number of ether oxygens (including phenoxy) is 1. The minimum atomic E-state index is -3.91. The minimum absolute atomic E-state index is 0.142. The Labute approximate surface area is 128 Å². The van der Waals surface area contributed by atoms with Crippen LogP contribution >= 0.6 is 11.3 Å². The van der Waals surface area contributed by atoms with Gasteiger partial charge in [0.15, 0.2) is 9.90 Å². The third kappa shape index (κ3) is 4.47. The number of hydrogen-bond donors (Lipinski definition) is 2. The van der Waals surface area contributed by atoms with Crippen LogP contribution in [0.1, 0.15) is 37.7 Å². The smallest absolute Gasteiger partial charge is 0.358 e. The third-order valence-corrected chi connectivity index (χ3v) is 5.76. The first kappa shape index (κ1) is 18.0.